The maximum absolute atomic E-state index is 13.0. The van der Waals surface area contributed by atoms with E-state index in [9.17, 15) is 18.3 Å². The van der Waals surface area contributed by atoms with E-state index in [0.717, 1.165) is 16.9 Å². The molecular weight excluding hydrogens is 432 g/mol. The van der Waals surface area contributed by atoms with Gasteiger partial charge < -0.3 is 5.11 Å². The molecule has 6 nitrogen and oxygen atoms in total. The Morgan fingerprint density at radius 1 is 1.17 bits per heavy atom. The number of aliphatic carboxylic acids is 1. The number of aromatic nitrogens is 1. The Hall–Kier alpha value is -2.26. The van der Waals surface area contributed by atoms with Crippen molar-refractivity contribution in [2.75, 3.05) is 0 Å². The maximum Gasteiger partial charge on any atom is 0.325 e. The Morgan fingerprint density at radius 3 is 2.52 bits per heavy atom. The molecule has 0 bridgehead atoms. The number of benzene rings is 1. The average Bonchev–Trinajstić information content (AvgIpc) is 3.05. The van der Waals surface area contributed by atoms with E-state index in [1.165, 1.54) is 12.3 Å². The molecular formula is C20H17ClN2O4S2. The minimum atomic E-state index is -4.04. The number of nitrogens with one attached hydrogen (secondary N) is 1. The van der Waals surface area contributed by atoms with Gasteiger partial charge in [0, 0.05) is 12.1 Å². The van der Waals surface area contributed by atoms with Gasteiger partial charge >= 0.3 is 5.97 Å². The van der Waals surface area contributed by atoms with Crippen LogP contribution in [-0.4, -0.2) is 30.0 Å². The van der Waals surface area contributed by atoms with Gasteiger partial charge in [-0.1, -0.05) is 48.9 Å². The highest BCUT2D eigenvalue weighted by Gasteiger charge is 2.70. The highest BCUT2D eigenvalue weighted by Crippen LogP contribution is 2.58. The summed E-state index contributed by atoms with van der Waals surface area (Å²) in [5.41, 5.74) is -0.179. The van der Waals surface area contributed by atoms with Crippen LogP contribution in [0, 0.1) is 5.92 Å². The first-order valence-electron chi connectivity index (χ1n) is 8.80. The molecule has 0 spiro atoms. The quantitative estimate of drug-likeness (QED) is 0.594. The van der Waals surface area contributed by atoms with Crippen LogP contribution in [0.2, 0.25) is 5.02 Å². The summed E-state index contributed by atoms with van der Waals surface area (Å²) >= 11 is 6.87. The summed E-state index contributed by atoms with van der Waals surface area (Å²) in [6.45, 7) is 1.74. The molecule has 0 radical (unpaired) electrons. The van der Waals surface area contributed by atoms with Crippen molar-refractivity contribution in [1.82, 2.24) is 9.71 Å². The van der Waals surface area contributed by atoms with Gasteiger partial charge in [0.2, 0.25) is 0 Å². The number of carboxylic acid groups (broad SMARTS) is 1. The van der Waals surface area contributed by atoms with Gasteiger partial charge in [0.05, 0.1) is 15.6 Å². The molecule has 1 unspecified atom stereocenters. The first-order chi connectivity index (χ1) is 13.8. The zero-order chi connectivity index (χ0) is 20.8. The van der Waals surface area contributed by atoms with Crippen LogP contribution >= 0.6 is 22.9 Å². The minimum absolute atomic E-state index is 0.0378. The highest BCUT2D eigenvalue weighted by atomic mass is 35.5. The Bertz CT molecular complexity index is 1160. The highest BCUT2D eigenvalue weighted by molar-refractivity contribution is 7.91. The molecule has 0 saturated heterocycles. The molecule has 1 aliphatic rings. The van der Waals surface area contributed by atoms with Gasteiger partial charge in [-0.2, -0.15) is 4.72 Å². The standard InChI is InChI=1S/C20H17ClN2O4S2/c1-12-18(13-5-3-2-4-6-13)20(12,19(24)25)23-29(26,27)17-10-9-16(28-17)15-8-7-14(21)11-22-15/h2-12,18,23H,1H3,(H,24,25)/t12?,18-,20-/m0/s1. The number of hydrogen-bond acceptors (Lipinski definition) is 5. The van der Waals surface area contributed by atoms with E-state index in [-0.39, 0.29) is 10.1 Å². The summed E-state index contributed by atoms with van der Waals surface area (Å²) in [6, 6.07) is 15.6. The molecule has 1 aliphatic carbocycles. The van der Waals surface area contributed by atoms with Gasteiger partial charge in [-0.3, -0.25) is 9.78 Å². The predicted octanol–water partition coefficient (Wildman–Crippen LogP) is 4.00. The Labute approximate surface area is 177 Å². The van der Waals surface area contributed by atoms with E-state index < -0.39 is 27.4 Å². The van der Waals surface area contributed by atoms with Crippen LogP contribution < -0.4 is 4.72 Å². The molecule has 1 aromatic carbocycles. The van der Waals surface area contributed by atoms with Crippen LogP contribution in [0.15, 0.2) is 65.0 Å². The number of carboxylic acids is 1. The van der Waals surface area contributed by atoms with E-state index >= 15 is 0 Å². The third-order valence-corrected chi connectivity index (χ3v) is 8.55. The van der Waals surface area contributed by atoms with Crippen LogP contribution in [0.25, 0.3) is 10.6 Å². The molecule has 9 heteroatoms. The number of carbonyl (C=O) groups is 1. The zero-order valence-corrected chi connectivity index (χ0v) is 17.6. The molecule has 3 aromatic rings. The van der Waals surface area contributed by atoms with Gasteiger partial charge in [-0.15, -0.1) is 11.3 Å². The summed E-state index contributed by atoms with van der Waals surface area (Å²) in [4.78, 5) is 16.9. The smallest absolute Gasteiger partial charge is 0.325 e. The lowest BCUT2D eigenvalue weighted by Gasteiger charge is -2.15. The number of pyridine rings is 1. The van der Waals surface area contributed by atoms with Crippen molar-refractivity contribution >= 4 is 38.9 Å². The SMILES string of the molecule is CC1[C@@H](c2ccccc2)[C@]1(NS(=O)(=O)c1ccc(-c2ccc(Cl)cn2)s1)C(=O)O. The van der Waals surface area contributed by atoms with E-state index in [0.29, 0.717) is 15.6 Å². The first kappa shape index (κ1) is 20.0. The lowest BCUT2D eigenvalue weighted by Crippen LogP contribution is -2.45. The zero-order valence-electron chi connectivity index (χ0n) is 15.2. The van der Waals surface area contributed by atoms with Crippen molar-refractivity contribution in [3.8, 4) is 10.6 Å². The molecule has 2 heterocycles. The van der Waals surface area contributed by atoms with Crippen molar-refractivity contribution in [1.29, 1.82) is 0 Å². The summed E-state index contributed by atoms with van der Waals surface area (Å²) in [5.74, 6) is -2.00. The van der Waals surface area contributed by atoms with Crippen LogP contribution in [0.3, 0.4) is 0 Å². The van der Waals surface area contributed by atoms with Crippen molar-refractivity contribution in [3.05, 3.63) is 71.4 Å². The largest absolute Gasteiger partial charge is 0.480 e. The Balaban J connectivity index is 1.64. The second-order valence-corrected chi connectivity index (χ2v) is 10.4. The lowest BCUT2D eigenvalue weighted by molar-refractivity contribution is -0.140. The van der Waals surface area contributed by atoms with Crippen LogP contribution in [0.5, 0.6) is 0 Å². The summed E-state index contributed by atoms with van der Waals surface area (Å²) < 4.78 is 28.5. The molecule has 29 heavy (non-hydrogen) atoms. The van der Waals surface area contributed by atoms with Gasteiger partial charge in [-0.05, 0) is 35.7 Å². The molecule has 0 aliphatic heterocycles. The number of nitrogens with zero attached hydrogens (tertiary/aromatic N) is 1. The number of sulfonamides is 1. The third-order valence-electron chi connectivity index (χ3n) is 5.24. The molecule has 150 valence electrons. The monoisotopic (exact) mass is 448 g/mol. The van der Waals surface area contributed by atoms with Gasteiger partial charge in [-0.25, -0.2) is 8.42 Å². The Morgan fingerprint density at radius 2 is 1.90 bits per heavy atom. The first-order valence-corrected chi connectivity index (χ1v) is 11.5. The molecule has 1 fully saturated rings. The van der Waals surface area contributed by atoms with Gasteiger partial charge in [0.15, 0.2) is 0 Å². The second-order valence-electron chi connectivity index (χ2n) is 6.94. The van der Waals surface area contributed by atoms with E-state index in [4.69, 9.17) is 11.6 Å². The van der Waals surface area contributed by atoms with Gasteiger partial charge in [0.25, 0.3) is 10.0 Å². The second kappa shape index (κ2) is 7.21. The maximum atomic E-state index is 13.0. The van der Waals surface area contributed by atoms with Crippen molar-refractivity contribution in [2.45, 2.75) is 22.6 Å². The Kier molecular flexibility index (Phi) is 4.98. The number of thiophene rings is 1. The molecule has 1 saturated carbocycles. The topological polar surface area (TPSA) is 96.4 Å². The summed E-state index contributed by atoms with van der Waals surface area (Å²) in [7, 11) is -4.04. The molecule has 2 aromatic heterocycles. The van der Waals surface area contributed by atoms with Crippen molar-refractivity contribution in [3.63, 3.8) is 0 Å². The fourth-order valence-corrected chi connectivity index (χ4v) is 6.55. The fourth-order valence-electron chi connectivity index (χ4n) is 3.70. The number of hydrogen-bond donors (Lipinski definition) is 2. The van der Waals surface area contributed by atoms with Crippen LogP contribution in [-0.2, 0) is 14.8 Å². The molecule has 2 N–H and O–H groups in total. The van der Waals surface area contributed by atoms with E-state index in [2.05, 4.69) is 9.71 Å². The number of halogens is 1. The minimum Gasteiger partial charge on any atom is -0.480 e. The van der Waals surface area contributed by atoms with E-state index in [1.54, 1.807) is 25.1 Å². The van der Waals surface area contributed by atoms with Crippen LogP contribution in [0.1, 0.15) is 18.4 Å². The van der Waals surface area contributed by atoms with Gasteiger partial charge in [0.1, 0.15) is 9.75 Å². The fraction of sp³-hybridized carbons (Fsp3) is 0.200. The van der Waals surface area contributed by atoms with Crippen molar-refractivity contribution < 1.29 is 18.3 Å². The molecule has 3 atom stereocenters. The normalized spacial score (nSPS) is 23.7. The summed E-state index contributed by atoms with van der Waals surface area (Å²) in [5, 5.41) is 10.4. The molecule has 4 rings (SSSR count). The average molecular weight is 449 g/mol. The van der Waals surface area contributed by atoms with Crippen molar-refractivity contribution in [2.24, 2.45) is 5.92 Å². The summed E-state index contributed by atoms with van der Waals surface area (Å²) in [6.07, 6.45) is 1.48. The lowest BCUT2D eigenvalue weighted by atomic mass is 10.1. The molecule has 0 amide bonds. The number of rotatable bonds is 6. The van der Waals surface area contributed by atoms with E-state index in [1.807, 2.05) is 30.3 Å². The third kappa shape index (κ3) is 3.46. The predicted molar refractivity (Wildman–Crippen MR) is 112 cm³/mol. The van der Waals surface area contributed by atoms with Crippen LogP contribution in [0.4, 0.5) is 0 Å².